The van der Waals surface area contributed by atoms with E-state index in [0.29, 0.717) is 6.16 Å². The Kier molecular flexibility index (Phi) is 9.50. The van der Waals surface area contributed by atoms with Gasteiger partial charge in [-0.05, 0) is 65.0 Å². The normalized spacial score (nSPS) is 12.7. The Hall–Kier alpha value is -2.42. The highest BCUT2D eigenvalue weighted by molar-refractivity contribution is 7.43. The summed E-state index contributed by atoms with van der Waals surface area (Å²) in [6.45, 7) is 8.81. The summed E-state index contributed by atoms with van der Waals surface area (Å²) in [4.78, 5) is 14.6. The second kappa shape index (κ2) is 12.3. The van der Waals surface area contributed by atoms with Crippen molar-refractivity contribution < 1.29 is 9.36 Å². The first-order valence-electron chi connectivity index (χ1n) is 12.0. The van der Waals surface area contributed by atoms with Crippen LogP contribution in [0.3, 0.4) is 0 Å². The molecule has 5 heteroatoms. The number of hydrogen-bond donors (Lipinski definition) is 1. The molecule has 1 aromatic heterocycles. The molecule has 3 aromatic rings. The lowest BCUT2D eigenvalue weighted by molar-refractivity contribution is -0.111. The molecule has 0 saturated heterocycles. The first-order valence-corrected chi connectivity index (χ1v) is 14.7. The van der Waals surface area contributed by atoms with Gasteiger partial charge in [-0.1, -0.05) is 76.9 Å². The topological polar surface area (TPSA) is 46.2 Å². The zero-order valence-electron chi connectivity index (χ0n) is 20.7. The minimum Gasteiger partial charge on any atom is -0.326 e. The highest BCUT2D eigenvalue weighted by atomic mass is 32.1. The van der Waals surface area contributed by atoms with Gasteiger partial charge in [0.1, 0.15) is 0 Å². The molecule has 1 heterocycles. The SMILES string of the molecule is CCCCC[PH](=O)Cc1ccc(NC(=O)/C=C/c2ccc(-c3ccc(C(C)(C)C)cc3)s2)cc1. The van der Waals surface area contributed by atoms with Crippen molar-refractivity contribution in [2.45, 2.75) is 58.5 Å². The van der Waals surface area contributed by atoms with Crippen LogP contribution < -0.4 is 5.32 Å². The van der Waals surface area contributed by atoms with Crippen molar-refractivity contribution >= 4 is 36.8 Å². The second-order valence-corrected chi connectivity index (χ2v) is 12.8. The lowest BCUT2D eigenvalue weighted by Crippen LogP contribution is -2.10. The molecule has 0 radical (unpaired) electrons. The van der Waals surface area contributed by atoms with E-state index in [1.54, 1.807) is 17.4 Å². The molecule has 1 atom stereocenters. The first kappa shape index (κ1) is 26.2. The van der Waals surface area contributed by atoms with Gasteiger partial charge in [-0.2, -0.15) is 0 Å². The smallest absolute Gasteiger partial charge is 0.248 e. The Morgan fingerprint density at radius 3 is 2.32 bits per heavy atom. The maximum atomic E-state index is 12.4. The van der Waals surface area contributed by atoms with Gasteiger partial charge in [0, 0.05) is 27.7 Å². The fourth-order valence-electron chi connectivity index (χ4n) is 3.67. The molecule has 0 fully saturated rings. The number of carbonyl (C=O) groups excluding carboxylic acids is 1. The fourth-order valence-corrected chi connectivity index (χ4v) is 6.10. The van der Waals surface area contributed by atoms with Crippen molar-refractivity contribution in [2.24, 2.45) is 0 Å². The second-order valence-electron chi connectivity index (χ2n) is 9.72. The minimum absolute atomic E-state index is 0.142. The lowest BCUT2D eigenvalue weighted by Gasteiger charge is -2.18. The molecule has 1 amide bonds. The Labute approximate surface area is 209 Å². The number of thiophene rings is 1. The van der Waals surface area contributed by atoms with Gasteiger partial charge in [0.2, 0.25) is 5.91 Å². The average molecular weight is 494 g/mol. The minimum atomic E-state index is -1.56. The van der Waals surface area contributed by atoms with Crippen molar-refractivity contribution in [1.29, 1.82) is 0 Å². The van der Waals surface area contributed by atoms with Crippen LogP contribution in [0.2, 0.25) is 0 Å². The third-order valence-electron chi connectivity index (χ3n) is 5.74. The summed E-state index contributed by atoms with van der Waals surface area (Å²) in [5.74, 6) is -0.162. The van der Waals surface area contributed by atoms with Crippen LogP contribution in [0.15, 0.2) is 66.7 Å². The number of unbranched alkanes of at least 4 members (excludes halogenated alkanes) is 2. The molecule has 0 aliphatic heterocycles. The van der Waals surface area contributed by atoms with E-state index in [2.05, 4.69) is 63.3 Å². The summed E-state index contributed by atoms with van der Waals surface area (Å²) in [6, 6.07) is 20.5. The van der Waals surface area contributed by atoms with E-state index in [4.69, 9.17) is 0 Å². The Morgan fingerprint density at radius 2 is 1.68 bits per heavy atom. The van der Waals surface area contributed by atoms with Crippen LogP contribution in [-0.2, 0) is 20.9 Å². The van der Waals surface area contributed by atoms with Gasteiger partial charge in [-0.15, -0.1) is 11.3 Å². The third kappa shape index (κ3) is 8.11. The van der Waals surface area contributed by atoms with E-state index in [0.717, 1.165) is 41.6 Å². The zero-order valence-corrected chi connectivity index (χ0v) is 22.5. The Bertz CT molecular complexity index is 1120. The number of hydrogen-bond acceptors (Lipinski definition) is 3. The molecular weight excluding hydrogens is 457 g/mol. The summed E-state index contributed by atoms with van der Waals surface area (Å²) >= 11 is 1.67. The van der Waals surface area contributed by atoms with E-state index < -0.39 is 7.80 Å². The van der Waals surface area contributed by atoms with Gasteiger partial charge < -0.3 is 9.88 Å². The summed E-state index contributed by atoms with van der Waals surface area (Å²) < 4.78 is 12.2. The molecular formula is C29H36NO2PS. The van der Waals surface area contributed by atoms with Crippen LogP contribution in [0.5, 0.6) is 0 Å². The molecule has 180 valence electrons. The van der Waals surface area contributed by atoms with Crippen LogP contribution in [-0.4, -0.2) is 12.1 Å². The Balaban J connectivity index is 1.52. The lowest BCUT2D eigenvalue weighted by atomic mass is 9.86. The van der Waals surface area contributed by atoms with Crippen molar-refractivity contribution in [1.82, 2.24) is 0 Å². The highest BCUT2D eigenvalue weighted by Crippen LogP contribution is 2.31. The number of amides is 1. The number of benzene rings is 2. The van der Waals surface area contributed by atoms with Gasteiger partial charge in [0.15, 0.2) is 0 Å². The maximum absolute atomic E-state index is 12.4. The molecule has 0 aliphatic carbocycles. The average Bonchev–Trinajstić information content (AvgIpc) is 3.28. The van der Waals surface area contributed by atoms with E-state index in [1.165, 1.54) is 16.0 Å². The van der Waals surface area contributed by atoms with Gasteiger partial charge >= 0.3 is 0 Å². The van der Waals surface area contributed by atoms with Crippen LogP contribution in [0, 0.1) is 0 Å². The van der Waals surface area contributed by atoms with E-state index >= 15 is 0 Å². The summed E-state index contributed by atoms with van der Waals surface area (Å²) in [5.41, 5.74) is 4.46. The molecule has 0 spiro atoms. The highest BCUT2D eigenvalue weighted by Gasteiger charge is 2.13. The van der Waals surface area contributed by atoms with E-state index in [1.807, 2.05) is 36.4 Å². The van der Waals surface area contributed by atoms with E-state index in [-0.39, 0.29) is 11.3 Å². The fraction of sp³-hybridized carbons (Fsp3) is 0.345. The Morgan fingerprint density at radius 1 is 0.971 bits per heavy atom. The van der Waals surface area contributed by atoms with Crippen LogP contribution >= 0.6 is 19.1 Å². The number of nitrogens with one attached hydrogen (secondary N) is 1. The number of anilines is 1. The molecule has 1 unspecified atom stereocenters. The van der Waals surface area contributed by atoms with Crippen molar-refractivity contribution in [3.8, 4) is 10.4 Å². The van der Waals surface area contributed by atoms with Gasteiger partial charge in [-0.3, -0.25) is 4.79 Å². The van der Waals surface area contributed by atoms with Crippen LogP contribution in [0.1, 0.15) is 63.0 Å². The van der Waals surface area contributed by atoms with E-state index in [9.17, 15) is 9.36 Å². The first-order chi connectivity index (χ1) is 16.2. The molecule has 2 aromatic carbocycles. The standard InChI is InChI=1S/C29H36NO2PS/c1-5-6-7-20-33(32)21-22-8-14-25(15-9-22)30-28(31)19-17-26-16-18-27(34-26)23-10-12-24(13-11-23)29(2,3)4/h8-19,33H,5-7,20-21H2,1-4H3,(H,30,31)/b19-17+. The van der Waals surface area contributed by atoms with Crippen molar-refractivity contribution in [3.05, 3.63) is 82.7 Å². The zero-order chi connectivity index (χ0) is 24.6. The van der Waals surface area contributed by atoms with Gasteiger partial charge in [0.05, 0.1) is 7.80 Å². The summed E-state index contributed by atoms with van der Waals surface area (Å²) in [7, 11) is -1.56. The maximum Gasteiger partial charge on any atom is 0.248 e. The molecule has 3 rings (SSSR count). The predicted octanol–water partition coefficient (Wildman–Crippen LogP) is 8.61. The van der Waals surface area contributed by atoms with Gasteiger partial charge in [-0.25, -0.2) is 0 Å². The molecule has 34 heavy (non-hydrogen) atoms. The molecule has 1 N–H and O–H groups in total. The molecule has 0 saturated carbocycles. The molecule has 3 nitrogen and oxygen atoms in total. The molecule has 0 aliphatic rings. The number of carbonyl (C=O) groups is 1. The van der Waals surface area contributed by atoms with Crippen molar-refractivity contribution in [2.75, 3.05) is 11.5 Å². The largest absolute Gasteiger partial charge is 0.326 e. The van der Waals surface area contributed by atoms with Crippen LogP contribution in [0.25, 0.3) is 16.5 Å². The summed E-state index contributed by atoms with van der Waals surface area (Å²) in [6.07, 6.45) is 8.23. The monoisotopic (exact) mass is 493 g/mol. The number of rotatable bonds is 10. The summed E-state index contributed by atoms with van der Waals surface area (Å²) in [5, 5.41) is 2.90. The third-order valence-corrected chi connectivity index (χ3v) is 8.56. The van der Waals surface area contributed by atoms with Gasteiger partial charge in [0.25, 0.3) is 0 Å². The molecule has 0 bridgehead atoms. The predicted molar refractivity (Wildman–Crippen MR) is 150 cm³/mol. The quantitative estimate of drug-likeness (QED) is 0.175. The van der Waals surface area contributed by atoms with Crippen molar-refractivity contribution in [3.63, 3.8) is 0 Å². The van der Waals surface area contributed by atoms with Crippen LogP contribution in [0.4, 0.5) is 5.69 Å².